The van der Waals surface area contributed by atoms with Gasteiger partial charge in [0.1, 0.15) is 5.69 Å². The first-order chi connectivity index (χ1) is 11.8. The van der Waals surface area contributed by atoms with Crippen LogP contribution < -0.4 is 0 Å². The summed E-state index contributed by atoms with van der Waals surface area (Å²) in [7, 11) is 2.50. The number of rotatable bonds is 6. The maximum absolute atomic E-state index is 13.6. The summed E-state index contributed by atoms with van der Waals surface area (Å²) in [6.45, 7) is -0.0445. The van der Waals surface area contributed by atoms with E-state index in [1.165, 1.54) is 17.7 Å². The van der Waals surface area contributed by atoms with Crippen LogP contribution in [-0.2, 0) is 9.47 Å². The fourth-order valence-electron chi connectivity index (χ4n) is 2.38. The molecule has 25 heavy (non-hydrogen) atoms. The fraction of sp³-hybridized carbons (Fsp3) is 0.267. The van der Waals surface area contributed by atoms with Crippen LogP contribution in [0.4, 0.5) is 8.78 Å². The smallest absolute Gasteiger partial charge is 0.357 e. The molecule has 6 nitrogen and oxygen atoms in total. The highest BCUT2D eigenvalue weighted by atomic mass is 35.5. The number of nitrogens with zero attached hydrogens (tertiary/aromatic N) is 1. The lowest BCUT2D eigenvalue weighted by molar-refractivity contribution is 0.0580. The standard InChI is InChI=1S/C15H13ClF2N2O4S/c1-23-6-10(7-3-4-8(17)9(18)5-7)20-12(14(22)24-2)11(13(16)21)19-15(20)25/h3-5,10H,6H2,1-2H3,(H,19,25). The number of hydrogen-bond donors (Lipinski definition) is 1. The number of H-pyrrole nitrogens is 1. The minimum atomic E-state index is -1.08. The SMILES string of the molecule is COCC(c1ccc(F)c(F)c1)n1c(C(=O)OC)c(C(=O)Cl)[nH]c1=S. The monoisotopic (exact) mass is 390 g/mol. The van der Waals surface area contributed by atoms with E-state index in [2.05, 4.69) is 9.72 Å². The lowest BCUT2D eigenvalue weighted by Crippen LogP contribution is -2.22. The van der Waals surface area contributed by atoms with Crippen LogP contribution in [0.1, 0.15) is 32.6 Å². The molecule has 0 amide bonds. The number of aromatic amines is 1. The number of benzene rings is 1. The lowest BCUT2D eigenvalue weighted by atomic mass is 10.1. The van der Waals surface area contributed by atoms with Gasteiger partial charge >= 0.3 is 5.97 Å². The van der Waals surface area contributed by atoms with E-state index >= 15 is 0 Å². The van der Waals surface area contributed by atoms with Crippen molar-refractivity contribution in [3.8, 4) is 0 Å². The topological polar surface area (TPSA) is 73.3 Å². The van der Waals surface area contributed by atoms with Gasteiger partial charge in [-0.05, 0) is 41.5 Å². The molecule has 0 aliphatic heterocycles. The quantitative estimate of drug-likeness (QED) is 0.465. The Labute approximate surface area is 151 Å². The van der Waals surface area contributed by atoms with Gasteiger partial charge in [-0.15, -0.1) is 0 Å². The van der Waals surface area contributed by atoms with E-state index in [-0.39, 0.29) is 28.3 Å². The van der Waals surface area contributed by atoms with Gasteiger partial charge in [-0.2, -0.15) is 0 Å². The third-order valence-corrected chi connectivity index (χ3v) is 3.96. The highest BCUT2D eigenvalue weighted by molar-refractivity contribution is 7.71. The molecule has 0 aliphatic carbocycles. The van der Waals surface area contributed by atoms with Crippen molar-refractivity contribution < 1.29 is 27.8 Å². The maximum atomic E-state index is 13.6. The second kappa shape index (κ2) is 7.85. The van der Waals surface area contributed by atoms with Crippen LogP contribution in [0, 0.1) is 16.4 Å². The molecule has 1 unspecified atom stereocenters. The van der Waals surface area contributed by atoms with Crippen LogP contribution in [0.3, 0.4) is 0 Å². The molecule has 134 valence electrons. The van der Waals surface area contributed by atoms with Crippen LogP contribution in [0.5, 0.6) is 0 Å². The molecule has 1 heterocycles. The lowest BCUT2D eigenvalue weighted by Gasteiger charge is -2.20. The van der Waals surface area contributed by atoms with Gasteiger partial charge in [-0.25, -0.2) is 13.6 Å². The molecule has 2 aromatic rings. The summed E-state index contributed by atoms with van der Waals surface area (Å²) in [5, 5.41) is -0.952. The summed E-state index contributed by atoms with van der Waals surface area (Å²) in [4.78, 5) is 26.3. The first kappa shape index (κ1) is 19.2. The zero-order chi connectivity index (χ0) is 18.7. The molecular formula is C15H13ClF2N2O4S. The van der Waals surface area contributed by atoms with Crippen molar-refractivity contribution in [2.45, 2.75) is 6.04 Å². The summed E-state index contributed by atoms with van der Waals surface area (Å²) in [5.74, 6) is -2.98. The Hall–Kier alpha value is -2.10. The van der Waals surface area contributed by atoms with Crippen molar-refractivity contribution in [3.63, 3.8) is 0 Å². The number of halogens is 3. The van der Waals surface area contributed by atoms with Crippen LogP contribution in [-0.4, -0.2) is 41.6 Å². The number of ether oxygens (including phenoxy) is 2. The number of esters is 1. The number of carbonyl (C=O) groups excluding carboxylic acids is 2. The zero-order valence-corrected chi connectivity index (χ0v) is 14.7. The Balaban J connectivity index is 2.73. The molecule has 10 heteroatoms. The Morgan fingerprint density at radius 3 is 2.52 bits per heavy atom. The molecule has 0 saturated heterocycles. The van der Waals surface area contributed by atoms with E-state index in [0.29, 0.717) is 0 Å². The van der Waals surface area contributed by atoms with Gasteiger partial charge < -0.3 is 19.0 Å². The molecular weight excluding hydrogens is 378 g/mol. The molecule has 0 bridgehead atoms. The van der Waals surface area contributed by atoms with E-state index in [1.54, 1.807) is 0 Å². The third kappa shape index (κ3) is 3.78. The Kier molecular flexibility index (Phi) is 6.04. The van der Waals surface area contributed by atoms with Gasteiger partial charge in [0.25, 0.3) is 5.24 Å². The van der Waals surface area contributed by atoms with Gasteiger partial charge in [0.15, 0.2) is 22.1 Å². The molecule has 1 atom stereocenters. The van der Waals surface area contributed by atoms with Gasteiger partial charge in [-0.3, -0.25) is 4.79 Å². The molecule has 2 rings (SSSR count). The second-order valence-corrected chi connectivity index (χ2v) is 5.66. The zero-order valence-electron chi connectivity index (χ0n) is 13.1. The first-order valence-corrected chi connectivity index (χ1v) is 7.67. The van der Waals surface area contributed by atoms with Crippen molar-refractivity contribution in [3.05, 3.63) is 51.6 Å². The molecule has 0 fully saturated rings. The summed E-state index contributed by atoms with van der Waals surface area (Å²) in [6, 6.07) is 2.38. The molecule has 0 aliphatic rings. The summed E-state index contributed by atoms with van der Waals surface area (Å²) < 4.78 is 37.8. The molecule has 1 aromatic heterocycles. The predicted molar refractivity (Wildman–Crippen MR) is 87.5 cm³/mol. The van der Waals surface area contributed by atoms with Gasteiger partial charge in [0, 0.05) is 7.11 Å². The van der Waals surface area contributed by atoms with Crippen molar-refractivity contribution in [1.82, 2.24) is 9.55 Å². The Morgan fingerprint density at radius 1 is 1.32 bits per heavy atom. The predicted octanol–water partition coefficient (Wildman–Crippen LogP) is 3.23. The number of imidazole rings is 1. The number of nitrogens with one attached hydrogen (secondary N) is 1. The van der Waals surface area contributed by atoms with Crippen molar-refractivity contribution in [2.24, 2.45) is 0 Å². The number of methoxy groups -OCH3 is 2. The molecule has 0 spiro atoms. The number of aromatic nitrogens is 2. The third-order valence-electron chi connectivity index (χ3n) is 3.47. The van der Waals surface area contributed by atoms with Crippen LogP contribution in [0.15, 0.2) is 18.2 Å². The van der Waals surface area contributed by atoms with Crippen LogP contribution in [0.2, 0.25) is 0 Å². The van der Waals surface area contributed by atoms with E-state index in [4.69, 9.17) is 28.6 Å². The van der Waals surface area contributed by atoms with E-state index in [1.807, 2.05) is 0 Å². The normalized spacial score (nSPS) is 12.0. The minimum Gasteiger partial charge on any atom is -0.464 e. The summed E-state index contributed by atoms with van der Waals surface area (Å²) in [6.07, 6.45) is 0. The second-order valence-electron chi connectivity index (χ2n) is 4.93. The highest BCUT2D eigenvalue weighted by Gasteiger charge is 2.29. The Bertz CT molecular complexity index is 881. The van der Waals surface area contributed by atoms with Crippen LogP contribution >= 0.6 is 23.8 Å². The van der Waals surface area contributed by atoms with Gasteiger partial charge in [0.05, 0.1) is 19.8 Å². The largest absolute Gasteiger partial charge is 0.464 e. The van der Waals surface area contributed by atoms with E-state index in [0.717, 1.165) is 19.2 Å². The van der Waals surface area contributed by atoms with E-state index in [9.17, 15) is 18.4 Å². The summed E-state index contributed by atoms with van der Waals surface area (Å²) in [5.41, 5.74) is -0.226. The fourth-order valence-corrected chi connectivity index (χ4v) is 2.84. The van der Waals surface area contributed by atoms with Crippen molar-refractivity contribution >= 4 is 35.0 Å². The average Bonchev–Trinajstić information content (AvgIpc) is 2.92. The first-order valence-electron chi connectivity index (χ1n) is 6.88. The molecule has 1 N–H and O–H groups in total. The number of carbonyl (C=O) groups is 2. The molecule has 0 radical (unpaired) electrons. The highest BCUT2D eigenvalue weighted by Crippen LogP contribution is 2.26. The maximum Gasteiger partial charge on any atom is 0.357 e. The summed E-state index contributed by atoms with van der Waals surface area (Å²) >= 11 is 10.7. The van der Waals surface area contributed by atoms with Crippen molar-refractivity contribution in [1.29, 1.82) is 0 Å². The number of hydrogen-bond acceptors (Lipinski definition) is 5. The average molecular weight is 391 g/mol. The minimum absolute atomic E-state index is 0.0313. The molecule has 0 saturated carbocycles. The van der Waals surface area contributed by atoms with Gasteiger partial charge in [-0.1, -0.05) is 6.07 Å². The Morgan fingerprint density at radius 2 is 2.00 bits per heavy atom. The van der Waals surface area contributed by atoms with Crippen LogP contribution in [0.25, 0.3) is 0 Å². The van der Waals surface area contributed by atoms with E-state index < -0.39 is 28.9 Å². The van der Waals surface area contributed by atoms with Crippen molar-refractivity contribution in [2.75, 3.05) is 20.8 Å². The molecule has 1 aromatic carbocycles. The van der Waals surface area contributed by atoms with Gasteiger partial charge in [0.2, 0.25) is 0 Å².